The minimum Gasteiger partial charge on any atom is -0.341 e. The molecule has 2 heterocycles. The molecule has 0 saturated carbocycles. The average Bonchev–Trinajstić information content (AvgIpc) is 3.17. The molecule has 1 fully saturated rings. The van der Waals surface area contributed by atoms with Crippen molar-refractivity contribution in [2.24, 2.45) is 0 Å². The molecule has 3 rings (SSSR count). The summed E-state index contributed by atoms with van der Waals surface area (Å²) < 4.78 is 26.3. The topological polar surface area (TPSA) is 70.6 Å². The van der Waals surface area contributed by atoms with Crippen molar-refractivity contribution in [2.75, 3.05) is 26.7 Å². The summed E-state index contributed by atoms with van der Waals surface area (Å²) in [6, 6.07) is 5.93. The summed E-state index contributed by atoms with van der Waals surface area (Å²) in [6.45, 7) is 1.05. The van der Waals surface area contributed by atoms with Crippen molar-refractivity contribution in [3.63, 3.8) is 0 Å². The molecule has 9 heteroatoms. The van der Waals surface area contributed by atoms with E-state index in [-0.39, 0.29) is 23.3 Å². The smallest absolute Gasteiger partial charge is 0.243 e. The van der Waals surface area contributed by atoms with E-state index in [9.17, 15) is 13.2 Å². The lowest BCUT2D eigenvalue weighted by atomic mass is 9.99. The second-order valence-electron chi connectivity index (χ2n) is 6.26. The first-order chi connectivity index (χ1) is 12.4. The summed E-state index contributed by atoms with van der Waals surface area (Å²) in [6.07, 6.45) is 3.66. The number of halogens is 1. The van der Waals surface area contributed by atoms with Crippen LogP contribution in [0.1, 0.15) is 23.8 Å². The number of sulfonamides is 1. The van der Waals surface area contributed by atoms with Crippen LogP contribution < -0.4 is 0 Å². The van der Waals surface area contributed by atoms with Crippen LogP contribution in [0.5, 0.6) is 0 Å². The summed E-state index contributed by atoms with van der Waals surface area (Å²) >= 11 is 7.40. The maximum Gasteiger partial charge on any atom is 0.243 e. The zero-order chi connectivity index (χ0) is 18.7. The standard InChI is InChI=1S/C17H20ClN3O3S2/c1-20(26(23,24)15-6-4-14(18)5-7-15)12-16(22)21-9-2-3-13(11-21)17-19-8-10-25-17/h4-8,10,13H,2-3,9,11-12H2,1H3. The predicted molar refractivity (Wildman–Crippen MR) is 102 cm³/mol. The number of aromatic nitrogens is 1. The van der Waals surface area contributed by atoms with Crippen LogP contribution >= 0.6 is 22.9 Å². The van der Waals surface area contributed by atoms with Gasteiger partial charge in [-0.3, -0.25) is 4.79 Å². The van der Waals surface area contributed by atoms with Crippen LogP contribution in [0.3, 0.4) is 0 Å². The minimum atomic E-state index is -3.73. The van der Waals surface area contributed by atoms with Crippen LogP contribution in [0.15, 0.2) is 40.7 Å². The zero-order valence-corrected chi connectivity index (χ0v) is 16.7. The Kier molecular flexibility index (Phi) is 5.96. The number of likely N-dealkylation sites (N-methyl/N-ethyl adjacent to an activating group) is 1. The van der Waals surface area contributed by atoms with Gasteiger partial charge in [0.05, 0.1) is 16.4 Å². The van der Waals surface area contributed by atoms with E-state index >= 15 is 0 Å². The van der Waals surface area contributed by atoms with Crippen molar-refractivity contribution in [1.29, 1.82) is 0 Å². The number of hydrogen-bond donors (Lipinski definition) is 0. The lowest BCUT2D eigenvalue weighted by Gasteiger charge is -2.32. The Bertz CT molecular complexity index is 854. The second-order valence-corrected chi connectivity index (χ2v) is 9.67. The molecule has 26 heavy (non-hydrogen) atoms. The third kappa shape index (κ3) is 4.25. The molecule has 6 nitrogen and oxygen atoms in total. The lowest BCUT2D eigenvalue weighted by molar-refractivity contribution is -0.132. The molecule has 1 aliphatic heterocycles. The third-order valence-electron chi connectivity index (χ3n) is 4.45. The molecular weight excluding hydrogens is 394 g/mol. The van der Waals surface area contributed by atoms with Crippen LogP contribution in [0, 0.1) is 0 Å². The highest BCUT2D eigenvalue weighted by Crippen LogP contribution is 2.28. The Morgan fingerprint density at radius 3 is 2.77 bits per heavy atom. The fourth-order valence-corrected chi connectivity index (χ4v) is 5.02. The van der Waals surface area contributed by atoms with E-state index < -0.39 is 10.0 Å². The van der Waals surface area contributed by atoms with Gasteiger partial charge in [-0.25, -0.2) is 13.4 Å². The molecule has 1 unspecified atom stereocenters. The van der Waals surface area contributed by atoms with Crippen molar-refractivity contribution >= 4 is 38.9 Å². The van der Waals surface area contributed by atoms with Crippen molar-refractivity contribution < 1.29 is 13.2 Å². The van der Waals surface area contributed by atoms with Gasteiger partial charge in [0.2, 0.25) is 15.9 Å². The highest BCUT2D eigenvalue weighted by molar-refractivity contribution is 7.89. The summed E-state index contributed by atoms with van der Waals surface area (Å²) in [5.41, 5.74) is 0. The molecule has 1 atom stereocenters. The molecule has 1 saturated heterocycles. The Morgan fingerprint density at radius 2 is 2.12 bits per heavy atom. The number of amides is 1. The monoisotopic (exact) mass is 413 g/mol. The Labute approximate surface area is 162 Å². The SMILES string of the molecule is CN(CC(=O)N1CCCC(c2nccs2)C1)S(=O)(=O)c1ccc(Cl)cc1. The first kappa shape index (κ1) is 19.3. The fourth-order valence-electron chi connectivity index (χ4n) is 3.00. The normalized spacial score (nSPS) is 18.3. The van der Waals surface area contributed by atoms with Crippen LogP contribution in [0.2, 0.25) is 5.02 Å². The molecule has 1 amide bonds. The molecule has 0 aliphatic carbocycles. The number of carbonyl (C=O) groups is 1. The Morgan fingerprint density at radius 1 is 1.38 bits per heavy atom. The summed E-state index contributed by atoms with van der Waals surface area (Å²) in [4.78, 5) is 18.8. The molecule has 1 aromatic heterocycles. The number of piperidine rings is 1. The maximum absolute atomic E-state index is 12.6. The van der Waals surface area contributed by atoms with Gasteiger partial charge in [-0.1, -0.05) is 11.6 Å². The Balaban J connectivity index is 1.66. The molecule has 2 aromatic rings. The predicted octanol–water partition coefficient (Wildman–Crippen LogP) is 2.82. The van der Waals surface area contributed by atoms with E-state index in [2.05, 4.69) is 4.98 Å². The van der Waals surface area contributed by atoms with Crippen molar-refractivity contribution in [2.45, 2.75) is 23.7 Å². The minimum absolute atomic E-state index is 0.122. The van der Waals surface area contributed by atoms with Crippen LogP contribution in [0.25, 0.3) is 0 Å². The van der Waals surface area contributed by atoms with Gasteiger partial charge >= 0.3 is 0 Å². The van der Waals surface area contributed by atoms with Crippen LogP contribution in [-0.4, -0.2) is 55.2 Å². The van der Waals surface area contributed by atoms with Crippen molar-refractivity contribution in [1.82, 2.24) is 14.2 Å². The van der Waals surface area contributed by atoms with Crippen molar-refractivity contribution in [3.05, 3.63) is 45.9 Å². The van der Waals surface area contributed by atoms with Gasteiger partial charge < -0.3 is 4.90 Å². The number of nitrogens with zero attached hydrogens (tertiary/aromatic N) is 3. The average molecular weight is 414 g/mol. The zero-order valence-electron chi connectivity index (χ0n) is 14.3. The van der Waals surface area contributed by atoms with Gasteiger partial charge in [0.15, 0.2) is 0 Å². The quantitative estimate of drug-likeness (QED) is 0.755. The molecule has 0 radical (unpaired) electrons. The molecule has 140 valence electrons. The van der Waals surface area contributed by atoms with Gasteiger partial charge in [0.25, 0.3) is 0 Å². The highest BCUT2D eigenvalue weighted by atomic mass is 35.5. The number of benzene rings is 1. The van der Waals surface area contributed by atoms with Crippen LogP contribution in [0.4, 0.5) is 0 Å². The third-order valence-corrected chi connectivity index (χ3v) is 7.46. The van der Waals surface area contributed by atoms with E-state index in [4.69, 9.17) is 11.6 Å². The first-order valence-electron chi connectivity index (χ1n) is 8.27. The summed E-state index contributed by atoms with van der Waals surface area (Å²) in [5, 5.41) is 3.43. The van der Waals surface area contributed by atoms with Gasteiger partial charge in [0, 0.05) is 42.7 Å². The number of thiazole rings is 1. The molecule has 0 N–H and O–H groups in total. The number of carbonyl (C=O) groups excluding carboxylic acids is 1. The molecule has 1 aromatic carbocycles. The van der Waals surface area contributed by atoms with Crippen molar-refractivity contribution in [3.8, 4) is 0 Å². The van der Waals surface area contributed by atoms with Gasteiger partial charge in [-0.2, -0.15) is 4.31 Å². The number of likely N-dealkylation sites (tertiary alicyclic amines) is 1. The van der Waals surface area contributed by atoms with E-state index in [0.29, 0.717) is 18.1 Å². The maximum atomic E-state index is 12.6. The first-order valence-corrected chi connectivity index (χ1v) is 11.0. The summed E-state index contributed by atoms with van der Waals surface area (Å²) in [5.74, 6) is 0.0390. The van der Waals surface area contributed by atoms with Gasteiger partial charge in [-0.05, 0) is 37.1 Å². The fraction of sp³-hybridized carbons (Fsp3) is 0.412. The highest BCUT2D eigenvalue weighted by Gasteiger charge is 2.29. The van der Waals surface area contributed by atoms with Crippen LogP contribution in [-0.2, 0) is 14.8 Å². The molecule has 1 aliphatic rings. The molecule has 0 spiro atoms. The van der Waals surface area contributed by atoms with Gasteiger partial charge in [0.1, 0.15) is 0 Å². The molecule has 0 bridgehead atoms. The second kappa shape index (κ2) is 8.04. The molecular formula is C17H20ClN3O3S2. The number of hydrogen-bond acceptors (Lipinski definition) is 5. The largest absolute Gasteiger partial charge is 0.341 e. The summed E-state index contributed by atoms with van der Waals surface area (Å²) in [7, 11) is -2.31. The van der Waals surface area contributed by atoms with Gasteiger partial charge in [-0.15, -0.1) is 11.3 Å². The lowest BCUT2D eigenvalue weighted by Crippen LogP contribution is -2.45. The van der Waals surface area contributed by atoms with E-state index in [0.717, 1.165) is 22.2 Å². The van der Waals surface area contributed by atoms with E-state index in [1.807, 2.05) is 5.38 Å². The van der Waals surface area contributed by atoms with E-state index in [1.54, 1.807) is 22.4 Å². The number of rotatable bonds is 5. The van der Waals surface area contributed by atoms with E-state index in [1.165, 1.54) is 31.3 Å². The Hall–Kier alpha value is -1.48.